The van der Waals surface area contributed by atoms with Crippen LogP contribution in [0.4, 0.5) is 23.2 Å². The van der Waals surface area contributed by atoms with Gasteiger partial charge in [0, 0.05) is 11.3 Å². The fraction of sp³-hybridized carbons (Fsp3) is 0.0667. The second kappa shape index (κ2) is 12.1. The van der Waals surface area contributed by atoms with E-state index in [2.05, 4.69) is 15.4 Å². The molecule has 0 fully saturated rings. The van der Waals surface area contributed by atoms with E-state index >= 15 is 0 Å². The third kappa shape index (κ3) is 6.65. The first kappa shape index (κ1) is 28.9. The largest absolute Gasteiger partial charge is 0.483 e. The molecule has 0 bridgehead atoms. The van der Waals surface area contributed by atoms with Crippen LogP contribution in [0, 0.1) is 9.39 Å². The van der Waals surface area contributed by atoms with Crippen molar-refractivity contribution in [2.45, 2.75) is 6.18 Å². The zero-order valence-corrected chi connectivity index (χ0v) is 23.6. The lowest BCUT2D eigenvalue weighted by Gasteiger charge is -2.12. The van der Waals surface area contributed by atoms with E-state index in [4.69, 9.17) is 4.74 Å². The summed E-state index contributed by atoms with van der Waals surface area (Å²) in [6.07, 6.45) is -3.20. The number of halogens is 5. The normalized spacial score (nSPS) is 11.6. The van der Waals surface area contributed by atoms with Crippen LogP contribution < -0.4 is 15.6 Å². The van der Waals surface area contributed by atoms with Crippen LogP contribution in [0.25, 0.3) is 22.3 Å². The van der Waals surface area contributed by atoms with E-state index in [0.717, 1.165) is 16.8 Å². The van der Waals surface area contributed by atoms with E-state index in [-0.39, 0.29) is 23.4 Å². The summed E-state index contributed by atoms with van der Waals surface area (Å²) in [7, 11) is 0. The number of hydrogen-bond acceptors (Lipinski definition) is 5. The van der Waals surface area contributed by atoms with Crippen LogP contribution >= 0.6 is 22.6 Å². The summed E-state index contributed by atoms with van der Waals surface area (Å²) in [6, 6.07) is 21.3. The molecule has 12 heteroatoms. The Kier molecular flexibility index (Phi) is 8.34. The van der Waals surface area contributed by atoms with Crippen molar-refractivity contribution < 1.29 is 27.1 Å². The number of hydrogen-bond donors (Lipinski definition) is 1. The van der Waals surface area contributed by atoms with Gasteiger partial charge in [-0.15, -0.1) is 0 Å². The molecule has 0 unspecified atom stereocenters. The Morgan fingerprint density at radius 3 is 2.50 bits per heavy atom. The van der Waals surface area contributed by atoms with Gasteiger partial charge in [0.1, 0.15) is 11.6 Å². The predicted molar refractivity (Wildman–Crippen MR) is 159 cm³/mol. The minimum atomic E-state index is -4.58. The number of carbonyl (C=O) groups is 1. The van der Waals surface area contributed by atoms with Gasteiger partial charge in [-0.2, -0.15) is 22.9 Å². The first-order valence-electron chi connectivity index (χ1n) is 12.3. The second-order valence-electron chi connectivity index (χ2n) is 8.93. The first-order valence-corrected chi connectivity index (χ1v) is 13.4. The van der Waals surface area contributed by atoms with E-state index in [1.165, 1.54) is 42.6 Å². The molecule has 0 saturated carbocycles. The van der Waals surface area contributed by atoms with E-state index in [9.17, 15) is 27.2 Å². The summed E-state index contributed by atoms with van der Waals surface area (Å²) in [6.45, 7) is -0.292. The molecule has 1 N–H and O–H groups in total. The quantitative estimate of drug-likeness (QED) is 0.117. The SMILES string of the molecule is O=C(COc1ccc(C=Nn2c(-c3cccc(C(F)(F)F)c3)nc3ccccc3c2=O)cc1I)Nc1ccc(F)cc1. The zero-order chi connectivity index (χ0) is 29.9. The Bertz CT molecular complexity index is 1870. The summed E-state index contributed by atoms with van der Waals surface area (Å²) in [4.78, 5) is 30.0. The van der Waals surface area contributed by atoms with Crippen LogP contribution in [-0.2, 0) is 11.0 Å². The summed E-state index contributed by atoms with van der Waals surface area (Å²) >= 11 is 2.01. The lowest BCUT2D eigenvalue weighted by molar-refractivity contribution is -0.137. The molecule has 0 aliphatic rings. The number of ether oxygens (including phenoxy) is 1. The van der Waals surface area contributed by atoms with Gasteiger partial charge in [0.15, 0.2) is 12.4 Å². The number of fused-ring (bicyclic) bond motifs is 1. The van der Waals surface area contributed by atoms with Crippen LogP contribution in [0.3, 0.4) is 0 Å². The highest BCUT2D eigenvalue weighted by Crippen LogP contribution is 2.32. The summed E-state index contributed by atoms with van der Waals surface area (Å²) in [5.41, 5.74) is -0.0600. The third-order valence-corrected chi connectivity index (χ3v) is 6.81. The Hall–Kier alpha value is -4.59. The summed E-state index contributed by atoms with van der Waals surface area (Å²) < 4.78 is 60.5. The standard InChI is InChI=1S/C30H19F4IN4O3/c31-21-9-11-22(12-10-21)37-27(40)17-42-26-13-8-18(14-24(26)35)16-36-39-28(19-4-3-5-20(15-19)30(32,33)34)38-25-7-2-1-6-23(25)29(39)41/h1-16H,17H2,(H,37,40). The number of amides is 1. The highest BCUT2D eigenvalue weighted by Gasteiger charge is 2.31. The van der Waals surface area contributed by atoms with Crippen LogP contribution in [0.2, 0.25) is 0 Å². The first-order chi connectivity index (χ1) is 20.1. The lowest BCUT2D eigenvalue weighted by Crippen LogP contribution is -2.20. The molecule has 4 aromatic carbocycles. The number of carbonyl (C=O) groups excluding carboxylic acids is 1. The predicted octanol–water partition coefficient (Wildman–Crippen LogP) is 6.73. The van der Waals surface area contributed by atoms with Crippen LogP contribution in [-0.4, -0.2) is 28.4 Å². The van der Waals surface area contributed by atoms with Crippen LogP contribution in [0.15, 0.2) is 101 Å². The molecule has 7 nitrogen and oxygen atoms in total. The van der Waals surface area contributed by atoms with Crippen molar-refractivity contribution in [3.8, 4) is 17.1 Å². The maximum absolute atomic E-state index is 13.4. The van der Waals surface area contributed by atoms with Gasteiger partial charge in [0.25, 0.3) is 11.5 Å². The number of benzene rings is 4. The van der Waals surface area contributed by atoms with E-state index in [1.807, 2.05) is 22.6 Å². The van der Waals surface area contributed by atoms with Crippen molar-refractivity contribution in [2.24, 2.45) is 5.10 Å². The number of alkyl halides is 3. The minimum absolute atomic E-state index is 0.0529. The van der Waals surface area contributed by atoms with Gasteiger partial charge in [0.05, 0.1) is 26.3 Å². The van der Waals surface area contributed by atoms with Crippen molar-refractivity contribution in [1.29, 1.82) is 0 Å². The maximum Gasteiger partial charge on any atom is 0.416 e. The summed E-state index contributed by atoms with van der Waals surface area (Å²) in [5.74, 6) is -0.497. The molecule has 0 aliphatic heterocycles. The fourth-order valence-corrected chi connectivity index (χ4v) is 4.66. The molecule has 0 saturated heterocycles. The van der Waals surface area contributed by atoms with Gasteiger partial charge >= 0.3 is 6.18 Å². The van der Waals surface area contributed by atoms with Gasteiger partial charge in [0.2, 0.25) is 0 Å². The van der Waals surface area contributed by atoms with Crippen molar-refractivity contribution in [1.82, 2.24) is 9.66 Å². The van der Waals surface area contributed by atoms with Gasteiger partial charge < -0.3 is 10.1 Å². The van der Waals surface area contributed by atoms with Crippen molar-refractivity contribution in [2.75, 3.05) is 11.9 Å². The fourth-order valence-electron chi connectivity index (χ4n) is 3.96. The number of aromatic nitrogens is 2. The average Bonchev–Trinajstić information content (AvgIpc) is 2.97. The smallest absolute Gasteiger partial charge is 0.416 e. The number of para-hydroxylation sites is 1. The highest BCUT2D eigenvalue weighted by atomic mass is 127. The van der Waals surface area contributed by atoms with Crippen molar-refractivity contribution >= 4 is 51.3 Å². The number of anilines is 1. The monoisotopic (exact) mass is 686 g/mol. The van der Waals surface area contributed by atoms with Gasteiger partial charge in [-0.05, 0) is 94.9 Å². The van der Waals surface area contributed by atoms with Crippen LogP contribution in [0.5, 0.6) is 5.75 Å². The molecule has 1 heterocycles. The molecule has 0 aliphatic carbocycles. The average molecular weight is 686 g/mol. The molecule has 5 rings (SSSR count). The Balaban J connectivity index is 1.40. The van der Waals surface area contributed by atoms with Gasteiger partial charge in [-0.1, -0.05) is 24.3 Å². The Labute approximate surface area is 249 Å². The molecule has 1 aromatic heterocycles. The maximum atomic E-state index is 13.4. The lowest BCUT2D eigenvalue weighted by atomic mass is 10.1. The van der Waals surface area contributed by atoms with Crippen LogP contribution in [0.1, 0.15) is 11.1 Å². The Morgan fingerprint density at radius 1 is 1.00 bits per heavy atom. The third-order valence-electron chi connectivity index (χ3n) is 5.97. The molecule has 0 radical (unpaired) electrons. The number of nitrogens with zero attached hydrogens (tertiary/aromatic N) is 3. The van der Waals surface area contributed by atoms with Crippen molar-refractivity contribution in [3.05, 3.63) is 122 Å². The molecular weight excluding hydrogens is 667 g/mol. The number of rotatable bonds is 7. The van der Waals surface area contributed by atoms with E-state index in [0.29, 0.717) is 26.1 Å². The van der Waals surface area contributed by atoms with Crippen molar-refractivity contribution in [3.63, 3.8) is 0 Å². The summed E-state index contributed by atoms with van der Waals surface area (Å²) in [5, 5.41) is 7.15. The molecule has 0 atom stereocenters. The van der Waals surface area contributed by atoms with Gasteiger partial charge in [-0.3, -0.25) is 9.59 Å². The van der Waals surface area contributed by atoms with E-state index in [1.54, 1.807) is 42.5 Å². The zero-order valence-electron chi connectivity index (χ0n) is 21.4. The van der Waals surface area contributed by atoms with E-state index < -0.39 is 29.0 Å². The highest BCUT2D eigenvalue weighted by molar-refractivity contribution is 14.1. The topological polar surface area (TPSA) is 85.6 Å². The molecule has 1 amide bonds. The minimum Gasteiger partial charge on any atom is -0.483 e. The molecular formula is C30H19F4IN4O3. The second-order valence-corrected chi connectivity index (χ2v) is 10.1. The molecule has 42 heavy (non-hydrogen) atoms. The Morgan fingerprint density at radius 2 is 1.76 bits per heavy atom. The van der Waals surface area contributed by atoms with Gasteiger partial charge in [-0.25, -0.2) is 9.37 Å². The molecule has 5 aromatic rings. The number of nitrogens with one attached hydrogen (secondary N) is 1. The molecule has 212 valence electrons. The molecule has 0 spiro atoms.